The Morgan fingerprint density at radius 2 is 1.73 bits per heavy atom. The van der Waals surface area contributed by atoms with E-state index in [1.807, 2.05) is 0 Å². The summed E-state index contributed by atoms with van der Waals surface area (Å²) in [6.45, 7) is 8.72. The largest absolute Gasteiger partial charge is 0.322 e. The Labute approximate surface area is 93.7 Å². The Kier molecular flexibility index (Phi) is 3.92. The highest BCUT2D eigenvalue weighted by atomic mass is 14.7. The van der Waals surface area contributed by atoms with Crippen LogP contribution in [0.5, 0.6) is 0 Å². The molecule has 1 atom stereocenters. The fourth-order valence-electron chi connectivity index (χ4n) is 2.09. The van der Waals surface area contributed by atoms with Crippen molar-refractivity contribution in [3.63, 3.8) is 0 Å². The number of benzene rings is 1. The Hall–Kier alpha value is -0.820. The first-order chi connectivity index (χ1) is 6.95. The van der Waals surface area contributed by atoms with Crippen molar-refractivity contribution in [2.24, 2.45) is 11.7 Å². The van der Waals surface area contributed by atoms with Crippen LogP contribution in [0.4, 0.5) is 0 Å². The summed E-state index contributed by atoms with van der Waals surface area (Å²) in [4.78, 5) is 0. The standard InChI is InChI=1S/C14H23N/c1-5-12-6-8-13(9-7-12)14(4,15)10-11(2)3/h6-9,11H,5,10,15H2,1-4H3. The molecular formula is C14H23N. The van der Waals surface area contributed by atoms with E-state index in [9.17, 15) is 0 Å². The van der Waals surface area contributed by atoms with E-state index in [0.29, 0.717) is 5.92 Å². The van der Waals surface area contributed by atoms with E-state index in [0.717, 1.165) is 12.8 Å². The van der Waals surface area contributed by atoms with E-state index in [1.54, 1.807) is 0 Å². The molecule has 0 spiro atoms. The van der Waals surface area contributed by atoms with Crippen LogP contribution in [0.2, 0.25) is 0 Å². The molecule has 2 N–H and O–H groups in total. The third-order valence-corrected chi connectivity index (χ3v) is 2.85. The zero-order valence-corrected chi connectivity index (χ0v) is 10.4. The summed E-state index contributed by atoms with van der Waals surface area (Å²) >= 11 is 0. The van der Waals surface area contributed by atoms with Gasteiger partial charge < -0.3 is 5.73 Å². The van der Waals surface area contributed by atoms with Crippen molar-refractivity contribution in [3.8, 4) is 0 Å². The Morgan fingerprint density at radius 1 is 1.20 bits per heavy atom. The van der Waals surface area contributed by atoms with Gasteiger partial charge in [-0.3, -0.25) is 0 Å². The van der Waals surface area contributed by atoms with Gasteiger partial charge in [0.2, 0.25) is 0 Å². The van der Waals surface area contributed by atoms with Crippen molar-refractivity contribution in [2.45, 2.75) is 46.1 Å². The summed E-state index contributed by atoms with van der Waals surface area (Å²) in [6, 6.07) is 8.70. The van der Waals surface area contributed by atoms with Crippen LogP contribution < -0.4 is 5.73 Å². The van der Waals surface area contributed by atoms with Crippen molar-refractivity contribution < 1.29 is 0 Å². The lowest BCUT2D eigenvalue weighted by atomic mass is 9.85. The lowest BCUT2D eigenvalue weighted by Gasteiger charge is -2.27. The quantitative estimate of drug-likeness (QED) is 0.800. The molecule has 0 saturated heterocycles. The van der Waals surface area contributed by atoms with Gasteiger partial charge in [-0.1, -0.05) is 45.0 Å². The first kappa shape index (κ1) is 12.3. The van der Waals surface area contributed by atoms with Crippen LogP contribution in [-0.2, 0) is 12.0 Å². The van der Waals surface area contributed by atoms with Crippen LogP contribution >= 0.6 is 0 Å². The molecule has 0 aliphatic rings. The smallest absolute Gasteiger partial charge is 0.0383 e. The molecule has 1 unspecified atom stereocenters. The highest BCUT2D eigenvalue weighted by Crippen LogP contribution is 2.25. The minimum absolute atomic E-state index is 0.194. The van der Waals surface area contributed by atoms with Crippen molar-refractivity contribution in [1.29, 1.82) is 0 Å². The molecule has 84 valence electrons. The first-order valence-electron chi connectivity index (χ1n) is 5.84. The van der Waals surface area contributed by atoms with E-state index in [2.05, 4.69) is 52.0 Å². The maximum atomic E-state index is 6.33. The summed E-state index contributed by atoms with van der Waals surface area (Å²) in [5, 5.41) is 0. The maximum Gasteiger partial charge on any atom is 0.0383 e. The second-order valence-corrected chi connectivity index (χ2v) is 5.07. The molecule has 1 aromatic carbocycles. The van der Waals surface area contributed by atoms with Crippen molar-refractivity contribution >= 4 is 0 Å². The zero-order chi connectivity index (χ0) is 11.5. The highest BCUT2D eigenvalue weighted by Gasteiger charge is 2.21. The molecule has 1 nitrogen and oxygen atoms in total. The van der Waals surface area contributed by atoms with Crippen molar-refractivity contribution in [2.75, 3.05) is 0 Å². The van der Waals surface area contributed by atoms with Crippen molar-refractivity contribution in [1.82, 2.24) is 0 Å². The third-order valence-electron chi connectivity index (χ3n) is 2.85. The second kappa shape index (κ2) is 4.80. The van der Waals surface area contributed by atoms with E-state index < -0.39 is 0 Å². The summed E-state index contributed by atoms with van der Waals surface area (Å²) in [5.41, 5.74) is 8.75. The fraction of sp³-hybridized carbons (Fsp3) is 0.571. The third kappa shape index (κ3) is 3.35. The molecule has 0 bridgehead atoms. The second-order valence-electron chi connectivity index (χ2n) is 5.07. The minimum atomic E-state index is -0.194. The van der Waals surface area contributed by atoms with E-state index in [-0.39, 0.29) is 5.54 Å². The molecule has 0 amide bonds. The summed E-state index contributed by atoms with van der Waals surface area (Å²) in [5.74, 6) is 0.630. The first-order valence-corrected chi connectivity index (χ1v) is 5.84. The molecule has 0 aliphatic carbocycles. The predicted molar refractivity (Wildman–Crippen MR) is 66.8 cm³/mol. The summed E-state index contributed by atoms with van der Waals surface area (Å²) in [7, 11) is 0. The lowest BCUT2D eigenvalue weighted by Crippen LogP contribution is -2.34. The van der Waals surface area contributed by atoms with E-state index in [1.165, 1.54) is 11.1 Å². The fourth-order valence-corrected chi connectivity index (χ4v) is 2.09. The zero-order valence-electron chi connectivity index (χ0n) is 10.4. The van der Waals surface area contributed by atoms with Gasteiger partial charge in [0.1, 0.15) is 0 Å². The molecular weight excluding hydrogens is 182 g/mol. The molecule has 1 rings (SSSR count). The summed E-state index contributed by atoms with van der Waals surface area (Å²) < 4.78 is 0. The molecule has 15 heavy (non-hydrogen) atoms. The molecule has 0 heterocycles. The number of rotatable bonds is 4. The van der Waals surface area contributed by atoms with Gasteiger partial charge in [0.05, 0.1) is 0 Å². The van der Waals surface area contributed by atoms with Gasteiger partial charge >= 0.3 is 0 Å². The molecule has 0 aliphatic heterocycles. The van der Waals surface area contributed by atoms with Gasteiger partial charge in [-0.2, -0.15) is 0 Å². The Balaban J connectivity index is 2.85. The molecule has 1 heteroatoms. The topological polar surface area (TPSA) is 26.0 Å². The van der Waals surface area contributed by atoms with Crippen LogP contribution in [-0.4, -0.2) is 0 Å². The highest BCUT2D eigenvalue weighted by molar-refractivity contribution is 5.27. The molecule has 0 aromatic heterocycles. The SMILES string of the molecule is CCc1ccc(C(C)(N)CC(C)C)cc1. The Bertz CT molecular complexity index is 296. The van der Waals surface area contributed by atoms with Crippen molar-refractivity contribution in [3.05, 3.63) is 35.4 Å². The van der Waals surface area contributed by atoms with E-state index >= 15 is 0 Å². The van der Waals surface area contributed by atoms with Gasteiger partial charge in [-0.15, -0.1) is 0 Å². The maximum absolute atomic E-state index is 6.33. The number of nitrogens with two attached hydrogens (primary N) is 1. The van der Waals surface area contributed by atoms with Crippen LogP contribution in [0, 0.1) is 5.92 Å². The lowest BCUT2D eigenvalue weighted by molar-refractivity contribution is 0.380. The molecule has 1 aromatic rings. The van der Waals surface area contributed by atoms with Gasteiger partial charge in [0.15, 0.2) is 0 Å². The Morgan fingerprint density at radius 3 is 2.13 bits per heavy atom. The normalized spacial score (nSPS) is 15.3. The molecule has 0 radical (unpaired) electrons. The average molecular weight is 205 g/mol. The van der Waals surface area contributed by atoms with Crippen LogP contribution in [0.3, 0.4) is 0 Å². The number of aryl methyl sites for hydroxylation is 1. The minimum Gasteiger partial charge on any atom is -0.322 e. The number of hydrogen-bond donors (Lipinski definition) is 1. The van der Waals surface area contributed by atoms with Crippen LogP contribution in [0.1, 0.15) is 45.2 Å². The van der Waals surface area contributed by atoms with Crippen LogP contribution in [0.15, 0.2) is 24.3 Å². The number of hydrogen-bond acceptors (Lipinski definition) is 1. The van der Waals surface area contributed by atoms with Gasteiger partial charge in [0.25, 0.3) is 0 Å². The van der Waals surface area contributed by atoms with Crippen LogP contribution in [0.25, 0.3) is 0 Å². The summed E-state index contributed by atoms with van der Waals surface area (Å²) in [6.07, 6.45) is 2.12. The molecule has 0 saturated carbocycles. The average Bonchev–Trinajstić information content (AvgIpc) is 2.16. The monoisotopic (exact) mass is 205 g/mol. The van der Waals surface area contributed by atoms with E-state index in [4.69, 9.17) is 5.73 Å². The molecule has 0 fully saturated rings. The van der Waals surface area contributed by atoms with Gasteiger partial charge in [-0.25, -0.2) is 0 Å². The van der Waals surface area contributed by atoms with Gasteiger partial charge in [-0.05, 0) is 36.8 Å². The predicted octanol–water partition coefficient (Wildman–Crippen LogP) is 3.47. The van der Waals surface area contributed by atoms with Gasteiger partial charge in [0, 0.05) is 5.54 Å².